The van der Waals surface area contributed by atoms with Crippen LogP contribution in [-0.4, -0.2) is 54.8 Å². The predicted octanol–water partition coefficient (Wildman–Crippen LogP) is 6.74. The Morgan fingerprint density at radius 2 is 1.96 bits per heavy atom. The lowest BCUT2D eigenvalue weighted by Gasteiger charge is -2.47. The van der Waals surface area contributed by atoms with E-state index >= 15 is 0 Å². The zero-order valence-corrected chi connectivity index (χ0v) is 27.9. The van der Waals surface area contributed by atoms with Gasteiger partial charge < -0.3 is 10.2 Å². The van der Waals surface area contributed by atoms with Gasteiger partial charge in [-0.2, -0.15) is 5.21 Å². The fraction of sp³-hybridized carbons (Fsp3) is 0.529. The van der Waals surface area contributed by atoms with Gasteiger partial charge in [-0.15, -0.1) is 10.2 Å². The van der Waals surface area contributed by atoms with Crippen LogP contribution in [0.2, 0.25) is 5.02 Å². The molecule has 1 aliphatic heterocycles. The first-order valence-corrected chi connectivity index (χ1v) is 16.0. The quantitative estimate of drug-likeness (QED) is 0.209. The molecule has 0 bridgehead atoms. The number of aliphatic imine (C=N–C) groups is 1. The molecular formula is C34H45ClFN7O2. The Morgan fingerprint density at radius 3 is 2.53 bits per heavy atom. The molecule has 1 atom stereocenters. The van der Waals surface area contributed by atoms with Crippen molar-refractivity contribution < 1.29 is 14.0 Å². The minimum absolute atomic E-state index is 0.0425. The molecule has 9 nitrogen and oxygen atoms in total. The van der Waals surface area contributed by atoms with Crippen molar-refractivity contribution in [3.8, 4) is 0 Å². The van der Waals surface area contributed by atoms with Crippen molar-refractivity contribution >= 4 is 29.1 Å². The van der Waals surface area contributed by atoms with E-state index in [1.165, 1.54) is 18.2 Å². The lowest BCUT2D eigenvalue weighted by molar-refractivity contribution is -0.132. The van der Waals surface area contributed by atoms with Crippen LogP contribution in [0.1, 0.15) is 91.5 Å². The van der Waals surface area contributed by atoms with Gasteiger partial charge in [0.2, 0.25) is 0 Å². The Hall–Kier alpha value is -3.66. The molecule has 2 aliphatic rings. The first-order valence-electron chi connectivity index (χ1n) is 15.7. The number of rotatable bonds is 11. The summed E-state index contributed by atoms with van der Waals surface area (Å²) < 4.78 is 14.1. The fourth-order valence-corrected chi connectivity index (χ4v) is 6.49. The Balaban J connectivity index is 1.71. The second kappa shape index (κ2) is 14.2. The number of hydrogen-bond acceptors (Lipinski definition) is 6. The summed E-state index contributed by atoms with van der Waals surface area (Å²) >= 11 is 6.16. The van der Waals surface area contributed by atoms with Crippen molar-refractivity contribution in [2.75, 3.05) is 0 Å². The Labute approximate surface area is 270 Å². The van der Waals surface area contributed by atoms with Crippen LogP contribution in [0, 0.1) is 23.1 Å². The Bertz CT molecular complexity index is 1480. The summed E-state index contributed by atoms with van der Waals surface area (Å²) in [5.41, 5.74) is 1.55. The number of H-pyrrole nitrogens is 1. The second-order valence-corrected chi connectivity index (χ2v) is 14.0. The molecule has 2 heterocycles. The molecule has 1 aromatic carbocycles. The minimum atomic E-state index is -0.723. The number of nitrogens with zero attached hydrogens (tertiary/aromatic N) is 5. The number of nitrogens with one attached hydrogen (secondary N) is 2. The fourth-order valence-electron chi connectivity index (χ4n) is 6.31. The molecule has 1 spiro atoms. The number of aromatic amines is 1. The van der Waals surface area contributed by atoms with E-state index in [0.29, 0.717) is 34.5 Å². The molecular weight excluding hydrogens is 593 g/mol. The van der Waals surface area contributed by atoms with E-state index in [4.69, 9.17) is 16.6 Å². The standard InChI is InChI=1S/C34H45ClFN7O2/c1-8-23(31(44)37-20-29-39-41-42-40-29)11-10-22(4)28(14-9-21(2)3)43-32(45)30(24-12-13-27(36)26(35)19-24)38-34(43)17-15-25(16-18-34)33(5,6)7/h8,10-13,19,21,25,28H,1,9,14-18,20H2,2-7H3,(H,37,44)(H,39,40,41,42)/b22-10+,23-11+/t25?,28-,34?/m1/s1. The van der Waals surface area contributed by atoms with E-state index in [9.17, 15) is 14.0 Å². The molecule has 0 saturated heterocycles. The van der Waals surface area contributed by atoms with E-state index in [-0.39, 0.29) is 34.8 Å². The normalized spacial score (nSPS) is 21.8. The van der Waals surface area contributed by atoms with Gasteiger partial charge in [-0.05, 0) is 87.0 Å². The largest absolute Gasteiger partial charge is 0.345 e. The van der Waals surface area contributed by atoms with Gasteiger partial charge in [-0.1, -0.05) is 75.7 Å². The molecule has 2 N–H and O–H groups in total. The van der Waals surface area contributed by atoms with Gasteiger partial charge >= 0.3 is 0 Å². The topological polar surface area (TPSA) is 116 Å². The van der Waals surface area contributed by atoms with Gasteiger partial charge in [0.25, 0.3) is 11.8 Å². The number of halogens is 2. The van der Waals surface area contributed by atoms with Crippen LogP contribution < -0.4 is 5.32 Å². The van der Waals surface area contributed by atoms with E-state index in [1.54, 1.807) is 12.1 Å². The highest BCUT2D eigenvalue weighted by molar-refractivity contribution is 6.47. The molecule has 2 aromatic rings. The van der Waals surface area contributed by atoms with Gasteiger partial charge in [0.1, 0.15) is 17.2 Å². The molecule has 4 rings (SSSR count). The van der Waals surface area contributed by atoms with Crippen LogP contribution in [-0.2, 0) is 16.1 Å². The highest BCUT2D eigenvalue weighted by Gasteiger charge is 2.52. The number of hydrogen-bond donors (Lipinski definition) is 2. The van der Waals surface area contributed by atoms with E-state index in [1.807, 2.05) is 17.9 Å². The van der Waals surface area contributed by atoms with Gasteiger partial charge in [-0.3, -0.25) is 14.6 Å². The highest BCUT2D eigenvalue weighted by atomic mass is 35.5. The maximum absolute atomic E-state index is 14.5. The van der Waals surface area contributed by atoms with E-state index in [0.717, 1.165) is 44.1 Å². The smallest absolute Gasteiger partial charge is 0.275 e. The number of allylic oxidation sites excluding steroid dienone is 2. The minimum Gasteiger partial charge on any atom is -0.345 e. The van der Waals surface area contributed by atoms with Gasteiger partial charge in [-0.25, -0.2) is 4.39 Å². The molecule has 1 aliphatic carbocycles. The number of aromatic nitrogens is 4. The molecule has 1 fully saturated rings. The number of carbonyl (C=O) groups is 2. The Kier molecular flexibility index (Phi) is 10.8. The third kappa shape index (κ3) is 7.95. The summed E-state index contributed by atoms with van der Waals surface area (Å²) in [7, 11) is 0. The van der Waals surface area contributed by atoms with Crippen LogP contribution in [0.3, 0.4) is 0 Å². The van der Waals surface area contributed by atoms with Crippen LogP contribution in [0.25, 0.3) is 0 Å². The van der Waals surface area contributed by atoms with Crippen LogP contribution in [0.5, 0.6) is 0 Å². The SMILES string of the molecule is C=C/C(=C\C=C(/C)[C@@H](CCC(C)C)N1C(=O)C(c2ccc(F)c(Cl)c2)=NC12CCC(C(C)(C)C)CC2)C(=O)NCc1nn[nH]n1. The lowest BCUT2D eigenvalue weighted by Crippen LogP contribution is -2.55. The van der Waals surface area contributed by atoms with Crippen molar-refractivity contribution in [2.24, 2.45) is 22.2 Å². The molecule has 1 aromatic heterocycles. The maximum atomic E-state index is 14.5. The summed E-state index contributed by atoms with van der Waals surface area (Å²) in [4.78, 5) is 34.5. The monoisotopic (exact) mass is 637 g/mol. The van der Waals surface area contributed by atoms with Crippen LogP contribution in [0.4, 0.5) is 4.39 Å². The molecule has 0 radical (unpaired) electrons. The van der Waals surface area contributed by atoms with Crippen molar-refractivity contribution in [1.29, 1.82) is 0 Å². The molecule has 0 unspecified atom stereocenters. The third-order valence-corrected chi connectivity index (χ3v) is 9.34. The zero-order chi connectivity index (χ0) is 32.9. The number of carbonyl (C=O) groups excluding carboxylic acids is 2. The molecule has 45 heavy (non-hydrogen) atoms. The van der Waals surface area contributed by atoms with Crippen LogP contribution >= 0.6 is 11.6 Å². The van der Waals surface area contributed by atoms with Gasteiger partial charge in [0.15, 0.2) is 5.82 Å². The summed E-state index contributed by atoms with van der Waals surface area (Å²) in [6.07, 6.45) is 10.1. The molecule has 1 saturated carbocycles. The molecule has 242 valence electrons. The lowest BCUT2D eigenvalue weighted by atomic mass is 9.69. The molecule has 11 heteroatoms. The number of amides is 2. The number of tetrazole rings is 1. The third-order valence-electron chi connectivity index (χ3n) is 9.05. The second-order valence-electron chi connectivity index (χ2n) is 13.6. The zero-order valence-electron chi connectivity index (χ0n) is 27.2. The van der Waals surface area contributed by atoms with Gasteiger partial charge in [0, 0.05) is 11.1 Å². The highest BCUT2D eigenvalue weighted by Crippen LogP contribution is 2.48. The average molecular weight is 638 g/mol. The van der Waals surface area contributed by atoms with Gasteiger partial charge in [0.05, 0.1) is 17.6 Å². The number of benzene rings is 1. The van der Waals surface area contributed by atoms with Crippen molar-refractivity contribution in [2.45, 2.75) is 98.3 Å². The Morgan fingerprint density at radius 1 is 1.24 bits per heavy atom. The van der Waals surface area contributed by atoms with E-state index < -0.39 is 11.5 Å². The average Bonchev–Trinajstić information content (AvgIpc) is 3.60. The molecule has 2 amide bonds. The van der Waals surface area contributed by atoms with Crippen LogP contribution in [0.15, 0.2) is 59.1 Å². The summed E-state index contributed by atoms with van der Waals surface area (Å²) in [6, 6.07) is 4.08. The maximum Gasteiger partial charge on any atom is 0.275 e. The summed E-state index contributed by atoms with van der Waals surface area (Å²) in [6.45, 7) is 17.1. The van der Waals surface area contributed by atoms with Crippen molar-refractivity contribution in [3.05, 3.63) is 76.4 Å². The first-order chi connectivity index (χ1) is 21.3. The first kappa shape index (κ1) is 34.2. The summed E-state index contributed by atoms with van der Waals surface area (Å²) in [5.74, 6) is 0.240. The summed E-state index contributed by atoms with van der Waals surface area (Å²) in [5, 5.41) is 16.3. The van der Waals surface area contributed by atoms with E-state index in [2.05, 4.69) is 67.1 Å². The van der Waals surface area contributed by atoms with Crippen molar-refractivity contribution in [3.63, 3.8) is 0 Å². The predicted molar refractivity (Wildman–Crippen MR) is 175 cm³/mol. The van der Waals surface area contributed by atoms with Crippen molar-refractivity contribution in [1.82, 2.24) is 30.8 Å².